The van der Waals surface area contributed by atoms with Crippen LogP contribution in [0.2, 0.25) is 0 Å². The van der Waals surface area contributed by atoms with Gasteiger partial charge < -0.3 is 20.3 Å². The molecule has 6 nitrogen and oxygen atoms in total. The number of nitrogens with zero attached hydrogens (tertiary/aromatic N) is 1. The lowest BCUT2D eigenvalue weighted by atomic mass is 10.1. The summed E-state index contributed by atoms with van der Waals surface area (Å²) in [6.07, 6.45) is -2.15. The van der Waals surface area contributed by atoms with Gasteiger partial charge in [-0.1, -0.05) is 6.42 Å². The number of nitrogens with one attached hydrogen (secondary N) is 2. The average Bonchev–Trinajstić information content (AvgIpc) is 2.56. The monoisotopic (exact) mass is 375 g/mol. The fraction of sp³-hybridized carbons (Fsp3) is 0.529. The first-order valence-electron chi connectivity index (χ1n) is 8.15. The number of unbranched alkanes of at least 4 members (excludes halogenated alkanes) is 2. The van der Waals surface area contributed by atoms with E-state index in [1.807, 2.05) is 0 Å². The molecule has 146 valence electrons. The molecule has 0 saturated heterocycles. The van der Waals surface area contributed by atoms with Crippen LogP contribution in [0.4, 0.5) is 29.3 Å². The van der Waals surface area contributed by atoms with Gasteiger partial charge in [-0.05, 0) is 31.0 Å². The van der Waals surface area contributed by atoms with E-state index in [0.717, 1.165) is 18.6 Å². The largest absolute Gasteiger partial charge is 0.469 e. The highest BCUT2D eigenvalue weighted by Gasteiger charge is 2.31. The van der Waals surface area contributed by atoms with E-state index < -0.39 is 17.8 Å². The summed E-state index contributed by atoms with van der Waals surface area (Å²) in [5, 5.41) is 5.05. The molecular weight excluding hydrogens is 351 g/mol. The zero-order valence-corrected chi connectivity index (χ0v) is 15.1. The van der Waals surface area contributed by atoms with E-state index in [4.69, 9.17) is 0 Å². The molecule has 0 spiro atoms. The van der Waals surface area contributed by atoms with E-state index in [9.17, 15) is 22.8 Å². The molecule has 0 heterocycles. The number of rotatable bonds is 8. The van der Waals surface area contributed by atoms with E-state index in [1.54, 1.807) is 19.0 Å². The van der Waals surface area contributed by atoms with Crippen LogP contribution in [0.1, 0.15) is 31.2 Å². The number of alkyl halides is 3. The fourth-order valence-corrected chi connectivity index (χ4v) is 2.24. The minimum Gasteiger partial charge on any atom is -0.469 e. The van der Waals surface area contributed by atoms with Crippen LogP contribution in [-0.4, -0.2) is 39.8 Å². The van der Waals surface area contributed by atoms with Crippen LogP contribution < -0.4 is 15.5 Å². The standard InChI is InChI=1S/C17H24F3N3O3/c1-23(2)14-9-8-12(17(18,19)20)11-13(14)22-16(25)21-10-6-4-5-7-15(24)26-3/h8-9,11H,4-7,10H2,1-3H3,(H2,21,22,25). The van der Waals surface area contributed by atoms with Crippen LogP contribution in [0.15, 0.2) is 18.2 Å². The predicted molar refractivity (Wildman–Crippen MR) is 93.3 cm³/mol. The number of hydrogen-bond donors (Lipinski definition) is 2. The van der Waals surface area contributed by atoms with Crippen molar-refractivity contribution in [1.82, 2.24) is 5.32 Å². The summed E-state index contributed by atoms with van der Waals surface area (Å²) in [7, 11) is 4.67. The third-order valence-corrected chi connectivity index (χ3v) is 3.62. The SMILES string of the molecule is COC(=O)CCCCCNC(=O)Nc1cc(C(F)(F)F)ccc1N(C)C. The Hall–Kier alpha value is -2.45. The van der Waals surface area contributed by atoms with Crippen LogP contribution in [0.25, 0.3) is 0 Å². The highest BCUT2D eigenvalue weighted by Crippen LogP contribution is 2.34. The van der Waals surface area contributed by atoms with Gasteiger partial charge in [0.15, 0.2) is 0 Å². The zero-order chi connectivity index (χ0) is 19.7. The Morgan fingerprint density at radius 3 is 2.42 bits per heavy atom. The van der Waals surface area contributed by atoms with Gasteiger partial charge in [-0.25, -0.2) is 4.79 Å². The van der Waals surface area contributed by atoms with E-state index in [-0.39, 0.29) is 11.7 Å². The van der Waals surface area contributed by atoms with Crippen LogP contribution >= 0.6 is 0 Å². The molecule has 1 aromatic carbocycles. The van der Waals surface area contributed by atoms with Crippen molar-refractivity contribution < 1.29 is 27.5 Å². The Bertz CT molecular complexity index is 619. The number of anilines is 2. The van der Waals surface area contributed by atoms with E-state index in [2.05, 4.69) is 15.4 Å². The smallest absolute Gasteiger partial charge is 0.416 e. The topological polar surface area (TPSA) is 70.7 Å². The molecular formula is C17H24F3N3O3. The maximum absolute atomic E-state index is 12.9. The first-order valence-corrected chi connectivity index (χ1v) is 8.15. The third kappa shape index (κ3) is 7.20. The first kappa shape index (κ1) is 21.6. The highest BCUT2D eigenvalue weighted by molar-refractivity contribution is 5.93. The second-order valence-electron chi connectivity index (χ2n) is 5.89. The number of carbonyl (C=O) groups is 2. The molecule has 0 aromatic heterocycles. The Morgan fingerprint density at radius 2 is 1.85 bits per heavy atom. The van der Waals surface area contributed by atoms with Gasteiger partial charge in [0, 0.05) is 27.1 Å². The van der Waals surface area contributed by atoms with Gasteiger partial charge in [0.2, 0.25) is 0 Å². The maximum atomic E-state index is 12.9. The minimum absolute atomic E-state index is 0.0769. The number of urea groups is 1. The van der Waals surface area contributed by atoms with Gasteiger partial charge in [-0.3, -0.25) is 4.79 Å². The average molecular weight is 375 g/mol. The Labute approximate surface area is 150 Å². The number of halogens is 3. The molecule has 0 unspecified atom stereocenters. The molecule has 0 bridgehead atoms. The van der Waals surface area contributed by atoms with Gasteiger partial charge in [-0.2, -0.15) is 13.2 Å². The molecule has 9 heteroatoms. The summed E-state index contributed by atoms with van der Waals surface area (Å²) in [4.78, 5) is 24.5. The molecule has 0 radical (unpaired) electrons. The van der Waals surface area contributed by atoms with Crippen molar-refractivity contribution in [2.75, 3.05) is 38.0 Å². The Morgan fingerprint density at radius 1 is 1.15 bits per heavy atom. The zero-order valence-electron chi connectivity index (χ0n) is 15.1. The van der Waals surface area contributed by atoms with Gasteiger partial charge >= 0.3 is 18.2 Å². The summed E-state index contributed by atoms with van der Waals surface area (Å²) >= 11 is 0. The van der Waals surface area contributed by atoms with Crippen molar-refractivity contribution in [3.8, 4) is 0 Å². The van der Waals surface area contributed by atoms with Gasteiger partial charge in [0.05, 0.1) is 24.0 Å². The molecule has 2 N–H and O–H groups in total. The summed E-state index contributed by atoms with van der Waals surface area (Å²) < 4.78 is 43.1. The molecule has 1 aromatic rings. The number of esters is 1. The molecule has 26 heavy (non-hydrogen) atoms. The summed E-state index contributed by atoms with van der Waals surface area (Å²) in [6.45, 7) is 0.350. The van der Waals surface area contributed by atoms with Crippen LogP contribution in [0.5, 0.6) is 0 Å². The third-order valence-electron chi connectivity index (χ3n) is 3.62. The van der Waals surface area contributed by atoms with Crippen LogP contribution in [-0.2, 0) is 15.7 Å². The first-order chi connectivity index (χ1) is 12.1. The van der Waals surface area contributed by atoms with Crippen molar-refractivity contribution in [2.24, 2.45) is 0 Å². The minimum atomic E-state index is -4.49. The molecule has 0 fully saturated rings. The predicted octanol–water partition coefficient (Wildman–Crippen LogP) is 3.63. The summed E-state index contributed by atoms with van der Waals surface area (Å²) in [5.41, 5.74) is -0.291. The van der Waals surface area contributed by atoms with E-state index in [0.29, 0.717) is 31.5 Å². The quantitative estimate of drug-likeness (QED) is 0.538. The lowest BCUT2D eigenvalue weighted by molar-refractivity contribution is -0.140. The molecule has 0 aliphatic rings. The summed E-state index contributed by atoms with van der Waals surface area (Å²) in [6, 6.07) is 2.61. The van der Waals surface area contributed by atoms with Crippen LogP contribution in [0.3, 0.4) is 0 Å². The normalized spacial score (nSPS) is 11.0. The lowest BCUT2D eigenvalue weighted by Gasteiger charge is -2.20. The highest BCUT2D eigenvalue weighted by atomic mass is 19.4. The van der Waals surface area contributed by atoms with Crippen molar-refractivity contribution in [3.05, 3.63) is 23.8 Å². The number of hydrogen-bond acceptors (Lipinski definition) is 4. The van der Waals surface area contributed by atoms with Gasteiger partial charge in [-0.15, -0.1) is 0 Å². The number of amides is 2. The van der Waals surface area contributed by atoms with Crippen molar-refractivity contribution in [3.63, 3.8) is 0 Å². The fourth-order valence-electron chi connectivity index (χ4n) is 2.24. The van der Waals surface area contributed by atoms with Crippen molar-refractivity contribution in [2.45, 2.75) is 31.9 Å². The molecule has 1 rings (SSSR count). The van der Waals surface area contributed by atoms with Crippen molar-refractivity contribution in [1.29, 1.82) is 0 Å². The summed E-state index contributed by atoms with van der Waals surface area (Å²) in [5.74, 6) is -0.281. The number of ether oxygens (including phenoxy) is 1. The van der Waals surface area contributed by atoms with Gasteiger partial charge in [0.25, 0.3) is 0 Å². The lowest BCUT2D eigenvalue weighted by Crippen LogP contribution is -2.30. The van der Waals surface area contributed by atoms with E-state index in [1.165, 1.54) is 13.2 Å². The molecule has 2 amide bonds. The molecule has 0 aliphatic carbocycles. The second-order valence-corrected chi connectivity index (χ2v) is 5.89. The number of benzene rings is 1. The molecule has 0 saturated carbocycles. The van der Waals surface area contributed by atoms with Crippen molar-refractivity contribution >= 4 is 23.4 Å². The molecule has 0 aliphatic heterocycles. The number of methoxy groups -OCH3 is 1. The Balaban J connectivity index is 2.56. The number of carbonyl (C=O) groups excluding carboxylic acids is 2. The van der Waals surface area contributed by atoms with Crippen LogP contribution in [0, 0.1) is 0 Å². The van der Waals surface area contributed by atoms with E-state index >= 15 is 0 Å². The molecule has 0 atom stereocenters. The Kier molecular flexibility index (Phi) is 8.21. The van der Waals surface area contributed by atoms with Gasteiger partial charge in [0.1, 0.15) is 0 Å². The second kappa shape index (κ2) is 9.88. The maximum Gasteiger partial charge on any atom is 0.416 e.